The van der Waals surface area contributed by atoms with Gasteiger partial charge in [0.1, 0.15) is 11.6 Å². The zero-order chi connectivity index (χ0) is 14.7. The first-order valence-corrected chi connectivity index (χ1v) is 7.07. The van der Waals surface area contributed by atoms with Gasteiger partial charge in [0.2, 0.25) is 5.91 Å². The van der Waals surface area contributed by atoms with Crippen LogP contribution in [0, 0.1) is 11.3 Å². The second-order valence-electron chi connectivity index (χ2n) is 3.84. The fourth-order valence-electron chi connectivity index (χ4n) is 1.53. The van der Waals surface area contributed by atoms with Gasteiger partial charge in [0, 0.05) is 4.47 Å². The first kappa shape index (κ1) is 14.4. The molecule has 1 aromatic carbocycles. The Bertz CT molecular complexity index is 722. The van der Waals surface area contributed by atoms with Crippen LogP contribution < -0.4 is 5.32 Å². The molecule has 6 nitrogen and oxygen atoms in total. The SMILES string of the molecule is N#CC(C(=O)NCC(=O)O)c1nc2ccc(Br)cc2s1. The van der Waals surface area contributed by atoms with Gasteiger partial charge in [-0.05, 0) is 18.2 Å². The van der Waals surface area contributed by atoms with E-state index in [2.05, 4.69) is 26.2 Å². The van der Waals surface area contributed by atoms with Gasteiger partial charge in [-0.25, -0.2) is 4.98 Å². The minimum Gasteiger partial charge on any atom is -0.480 e. The molecule has 1 heterocycles. The van der Waals surface area contributed by atoms with E-state index in [1.807, 2.05) is 18.2 Å². The number of nitriles is 1. The Labute approximate surface area is 126 Å². The smallest absolute Gasteiger partial charge is 0.322 e. The number of fused-ring (bicyclic) bond motifs is 1. The van der Waals surface area contributed by atoms with E-state index in [-0.39, 0.29) is 0 Å². The van der Waals surface area contributed by atoms with E-state index in [0.29, 0.717) is 10.5 Å². The zero-order valence-corrected chi connectivity index (χ0v) is 12.4. The van der Waals surface area contributed by atoms with Crippen molar-refractivity contribution < 1.29 is 14.7 Å². The van der Waals surface area contributed by atoms with E-state index in [1.54, 1.807) is 6.07 Å². The number of hydrogen-bond acceptors (Lipinski definition) is 5. The van der Waals surface area contributed by atoms with Gasteiger partial charge in [0.05, 0.1) is 16.3 Å². The van der Waals surface area contributed by atoms with E-state index >= 15 is 0 Å². The Morgan fingerprint density at radius 3 is 2.95 bits per heavy atom. The lowest BCUT2D eigenvalue weighted by Crippen LogP contribution is -2.33. The Morgan fingerprint density at radius 2 is 2.30 bits per heavy atom. The van der Waals surface area contributed by atoms with E-state index in [1.165, 1.54) is 11.3 Å². The molecule has 1 aromatic heterocycles. The molecule has 1 amide bonds. The number of halogens is 1. The minimum atomic E-state index is -1.16. The van der Waals surface area contributed by atoms with Crippen LogP contribution in [0.4, 0.5) is 0 Å². The van der Waals surface area contributed by atoms with Crippen molar-refractivity contribution in [3.8, 4) is 6.07 Å². The number of amides is 1. The van der Waals surface area contributed by atoms with Gasteiger partial charge < -0.3 is 10.4 Å². The summed E-state index contributed by atoms with van der Waals surface area (Å²) < 4.78 is 1.73. The van der Waals surface area contributed by atoms with Gasteiger partial charge in [-0.2, -0.15) is 5.26 Å². The van der Waals surface area contributed by atoms with Gasteiger partial charge >= 0.3 is 5.97 Å². The lowest BCUT2D eigenvalue weighted by atomic mass is 10.1. The van der Waals surface area contributed by atoms with Crippen LogP contribution in [-0.4, -0.2) is 28.5 Å². The van der Waals surface area contributed by atoms with Crippen molar-refractivity contribution in [3.63, 3.8) is 0 Å². The van der Waals surface area contributed by atoms with E-state index in [4.69, 9.17) is 10.4 Å². The predicted molar refractivity (Wildman–Crippen MR) is 76.3 cm³/mol. The van der Waals surface area contributed by atoms with Crippen LogP contribution in [0.15, 0.2) is 22.7 Å². The topological polar surface area (TPSA) is 103 Å². The second-order valence-corrected chi connectivity index (χ2v) is 5.82. The first-order chi connectivity index (χ1) is 9.51. The summed E-state index contributed by atoms with van der Waals surface area (Å²) in [5.74, 6) is -2.93. The molecule has 0 saturated heterocycles. The van der Waals surface area contributed by atoms with Crippen LogP contribution in [0.3, 0.4) is 0 Å². The Balaban J connectivity index is 2.27. The van der Waals surface area contributed by atoms with E-state index < -0.39 is 24.3 Å². The highest BCUT2D eigenvalue weighted by atomic mass is 79.9. The van der Waals surface area contributed by atoms with Crippen molar-refractivity contribution in [2.75, 3.05) is 6.54 Å². The molecule has 8 heteroatoms. The molecule has 2 aromatic rings. The third-order valence-corrected chi connectivity index (χ3v) is 4.00. The Kier molecular flexibility index (Phi) is 4.32. The molecule has 2 rings (SSSR count). The molecular weight excluding hydrogens is 346 g/mol. The van der Waals surface area contributed by atoms with Crippen LogP contribution in [0.25, 0.3) is 10.2 Å². The van der Waals surface area contributed by atoms with Crippen LogP contribution in [0.2, 0.25) is 0 Å². The zero-order valence-electron chi connectivity index (χ0n) is 9.96. The summed E-state index contributed by atoms with van der Waals surface area (Å²) in [6.45, 7) is -0.520. The average molecular weight is 354 g/mol. The summed E-state index contributed by atoms with van der Waals surface area (Å²) in [5, 5.41) is 20.1. The fourth-order valence-corrected chi connectivity index (χ4v) is 3.09. The Morgan fingerprint density at radius 1 is 1.55 bits per heavy atom. The summed E-state index contributed by atoms with van der Waals surface area (Å²) in [7, 11) is 0. The third-order valence-electron chi connectivity index (χ3n) is 2.42. The number of carbonyl (C=O) groups is 2. The van der Waals surface area contributed by atoms with Crippen LogP contribution in [0.5, 0.6) is 0 Å². The molecule has 0 aliphatic heterocycles. The molecule has 0 bridgehead atoms. The fraction of sp³-hybridized carbons (Fsp3) is 0.167. The van der Waals surface area contributed by atoms with Crippen LogP contribution >= 0.6 is 27.3 Å². The standard InChI is InChI=1S/C12H8BrN3O3S/c13-6-1-2-8-9(3-6)20-12(16-8)7(4-14)11(19)15-5-10(17)18/h1-3,7H,5H2,(H,15,19)(H,17,18). The van der Waals surface area contributed by atoms with Gasteiger partial charge in [0.15, 0.2) is 5.92 Å². The molecule has 2 N–H and O–H groups in total. The lowest BCUT2D eigenvalue weighted by molar-refractivity contribution is -0.138. The maximum Gasteiger partial charge on any atom is 0.322 e. The summed E-state index contributed by atoms with van der Waals surface area (Å²) in [6, 6.07) is 7.29. The number of carbonyl (C=O) groups excluding carboxylic acids is 1. The molecule has 0 fully saturated rings. The van der Waals surface area contributed by atoms with E-state index in [0.717, 1.165) is 9.17 Å². The second kappa shape index (κ2) is 5.98. The number of hydrogen-bond donors (Lipinski definition) is 2. The molecule has 102 valence electrons. The average Bonchev–Trinajstić information content (AvgIpc) is 2.79. The maximum absolute atomic E-state index is 11.8. The number of aliphatic carboxylic acids is 1. The van der Waals surface area contributed by atoms with Crippen LogP contribution in [-0.2, 0) is 9.59 Å². The highest BCUT2D eigenvalue weighted by molar-refractivity contribution is 9.10. The van der Waals surface area contributed by atoms with Crippen molar-refractivity contribution in [2.24, 2.45) is 0 Å². The lowest BCUT2D eigenvalue weighted by Gasteiger charge is -2.05. The molecule has 0 aliphatic rings. The van der Waals surface area contributed by atoms with Gasteiger partial charge in [-0.3, -0.25) is 9.59 Å². The number of carboxylic acid groups (broad SMARTS) is 1. The highest BCUT2D eigenvalue weighted by Crippen LogP contribution is 2.29. The summed E-state index contributed by atoms with van der Waals surface area (Å²) in [4.78, 5) is 26.4. The monoisotopic (exact) mass is 353 g/mol. The van der Waals surface area contributed by atoms with Crippen LogP contribution in [0.1, 0.15) is 10.9 Å². The number of nitrogens with zero attached hydrogens (tertiary/aromatic N) is 2. The molecule has 1 unspecified atom stereocenters. The quantitative estimate of drug-likeness (QED) is 0.873. The summed E-state index contributed by atoms with van der Waals surface area (Å²) in [5.41, 5.74) is 0.694. The summed E-state index contributed by atoms with van der Waals surface area (Å²) >= 11 is 4.57. The molecule has 0 saturated carbocycles. The minimum absolute atomic E-state index is 0.350. The van der Waals surface area contributed by atoms with Crippen molar-refractivity contribution >= 4 is 49.4 Å². The molecule has 1 atom stereocenters. The Hall–Kier alpha value is -1.98. The van der Waals surface area contributed by atoms with Crippen molar-refractivity contribution in [1.29, 1.82) is 5.26 Å². The molecule has 0 spiro atoms. The normalized spacial score (nSPS) is 11.8. The number of carboxylic acids is 1. The van der Waals surface area contributed by atoms with Crippen molar-refractivity contribution in [2.45, 2.75) is 5.92 Å². The predicted octanol–water partition coefficient (Wildman–Crippen LogP) is 1.87. The van der Waals surface area contributed by atoms with Gasteiger partial charge in [-0.15, -0.1) is 11.3 Å². The number of aromatic nitrogens is 1. The van der Waals surface area contributed by atoms with Gasteiger partial charge in [-0.1, -0.05) is 15.9 Å². The van der Waals surface area contributed by atoms with Crippen molar-refractivity contribution in [3.05, 3.63) is 27.7 Å². The first-order valence-electron chi connectivity index (χ1n) is 5.46. The van der Waals surface area contributed by atoms with Crippen molar-refractivity contribution in [1.82, 2.24) is 10.3 Å². The number of rotatable bonds is 4. The molecular formula is C12H8BrN3O3S. The molecule has 20 heavy (non-hydrogen) atoms. The third kappa shape index (κ3) is 3.12. The largest absolute Gasteiger partial charge is 0.480 e. The maximum atomic E-state index is 11.8. The van der Waals surface area contributed by atoms with E-state index in [9.17, 15) is 9.59 Å². The number of benzene rings is 1. The molecule has 0 radical (unpaired) electrons. The summed E-state index contributed by atoms with van der Waals surface area (Å²) in [6.07, 6.45) is 0. The van der Waals surface area contributed by atoms with Gasteiger partial charge in [0.25, 0.3) is 0 Å². The number of thiazole rings is 1. The highest BCUT2D eigenvalue weighted by Gasteiger charge is 2.24. The molecule has 0 aliphatic carbocycles. The number of nitrogens with one attached hydrogen (secondary N) is 1.